The highest BCUT2D eigenvalue weighted by molar-refractivity contribution is 14.1. The maximum atomic E-state index is 11.3. The third-order valence-electron chi connectivity index (χ3n) is 9.16. The molecule has 0 saturated carbocycles. The molecule has 2 rings (SSSR count). The summed E-state index contributed by atoms with van der Waals surface area (Å²) in [6.45, 7) is 5.00. The van der Waals surface area contributed by atoms with Crippen LogP contribution in [-0.2, 0) is 30.5 Å². The average molecular weight is 963 g/mol. The molecule has 0 atom stereocenters. The lowest BCUT2D eigenvalue weighted by Crippen LogP contribution is -2.53. The van der Waals surface area contributed by atoms with Gasteiger partial charge in [-0.2, -0.15) is 0 Å². The van der Waals surface area contributed by atoms with Gasteiger partial charge in [-0.1, -0.05) is 149 Å². The van der Waals surface area contributed by atoms with Crippen LogP contribution in [0.4, 0.5) is 0 Å². The number of halogens is 3. The first-order valence-corrected chi connectivity index (χ1v) is 20.9. The molecule has 2 aromatic rings. The van der Waals surface area contributed by atoms with Gasteiger partial charge < -0.3 is 31.5 Å². The highest BCUT2D eigenvalue weighted by Gasteiger charge is 2.29. The molecule has 7 N–H and O–H groups in total. The van der Waals surface area contributed by atoms with Gasteiger partial charge in [0.15, 0.2) is 0 Å². The van der Waals surface area contributed by atoms with Gasteiger partial charge in [-0.15, -0.1) is 36.4 Å². The molecule has 0 saturated heterocycles. The highest BCUT2D eigenvalue weighted by atomic mass is 127. The number of hydrogen-bond donors (Lipinski definition) is 6. The Morgan fingerprint density at radius 2 is 0.902 bits per heavy atom. The van der Waals surface area contributed by atoms with E-state index < -0.39 is 11.1 Å². The van der Waals surface area contributed by atoms with Crippen LogP contribution in [0.25, 0.3) is 0 Å². The Hall–Kier alpha value is -0.540. The van der Waals surface area contributed by atoms with Gasteiger partial charge in [0, 0.05) is 6.92 Å². The van der Waals surface area contributed by atoms with Crippen molar-refractivity contribution in [1.29, 1.82) is 0 Å². The van der Waals surface area contributed by atoms with Gasteiger partial charge in [-0.05, 0) is 78.6 Å². The van der Waals surface area contributed by atoms with E-state index in [1.807, 2.05) is 4.93 Å². The molecule has 0 heterocycles. The van der Waals surface area contributed by atoms with Crippen LogP contribution < -0.4 is 11.1 Å². The molecule has 0 unspecified atom stereocenters. The van der Waals surface area contributed by atoms with Crippen molar-refractivity contribution in [2.24, 2.45) is 5.73 Å². The molecule has 0 aromatic heterocycles. The number of amides is 1. The summed E-state index contributed by atoms with van der Waals surface area (Å²) in [7, 11) is 0. The average Bonchev–Trinajstić information content (AvgIpc) is 3.14. The zero-order chi connectivity index (χ0) is 36.8. The van der Waals surface area contributed by atoms with Crippen molar-refractivity contribution in [2.75, 3.05) is 31.4 Å². The van der Waals surface area contributed by atoms with Crippen LogP contribution in [0.1, 0.15) is 133 Å². The van der Waals surface area contributed by atoms with Crippen molar-refractivity contribution in [3.05, 3.63) is 70.8 Å². The molecule has 2 aromatic carbocycles. The van der Waals surface area contributed by atoms with E-state index >= 15 is 0 Å². The Balaban J connectivity index is -0.000000835. The molecular formula is C41H73ClI2N2O5. The number of unbranched alkanes of at least 4 members (excludes halogenated alkanes) is 10. The summed E-state index contributed by atoms with van der Waals surface area (Å²) in [5.74, 6) is -0.239. The fourth-order valence-corrected chi connectivity index (χ4v) is 5.67. The van der Waals surface area contributed by atoms with E-state index in [2.05, 4.69) is 90.3 Å². The number of aliphatic hydroxyl groups is 4. The van der Waals surface area contributed by atoms with Gasteiger partial charge in [-0.25, -0.2) is 0 Å². The zero-order valence-corrected chi connectivity index (χ0v) is 37.4. The molecule has 0 aliphatic carbocycles. The summed E-state index contributed by atoms with van der Waals surface area (Å²) in [6, 6.07) is 17.2. The minimum Gasteiger partial charge on any atom is -0.394 e. The number of alkyl halides is 1. The SMILES string of the molecule is CCCCCCCCc1ccc(CCC(CO)(CO)NC(C)=O)cc1.CCCCCCCCc1ccc(CCC(N)(CO)CO)cc1.CI.Cl.I. The number of rotatable bonds is 25. The Morgan fingerprint density at radius 3 is 1.22 bits per heavy atom. The van der Waals surface area contributed by atoms with Gasteiger partial charge in [0.05, 0.1) is 37.5 Å². The van der Waals surface area contributed by atoms with Crippen LogP contribution in [0.3, 0.4) is 0 Å². The van der Waals surface area contributed by atoms with E-state index in [0.717, 1.165) is 24.8 Å². The molecule has 0 fully saturated rings. The zero-order valence-electron chi connectivity index (χ0n) is 32.1. The van der Waals surface area contributed by atoms with Crippen LogP contribution in [0.2, 0.25) is 0 Å². The maximum absolute atomic E-state index is 11.3. The number of nitrogens with one attached hydrogen (secondary N) is 1. The lowest BCUT2D eigenvalue weighted by Gasteiger charge is -2.30. The number of aryl methyl sites for hydroxylation is 4. The predicted molar refractivity (Wildman–Crippen MR) is 238 cm³/mol. The van der Waals surface area contributed by atoms with Crippen LogP contribution >= 0.6 is 59.0 Å². The molecule has 1 amide bonds. The largest absolute Gasteiger partial charge is 0.394 e. The van der Waals surface area contributed by atoms with Gasteiger partial charge in [0.25, 0.3) is 0 Å². The van der Waals surface area contributed by atoms with Crippen molar-refractivity contribution < 1.29 is 25.2 Å². The summed E-state index contributed by atoms with van der Waals surface area (Å²) < 4.78 is 0. The van der Waals surface area contributed by atoms with Crippen molar-refractivity contribution in [3.8, 4) is 0 Å². The van der Waals surface area contributed by atoms with Crippen molar-refractivity contribution in [3.63, 3.8) is 0 Å². The molecule has 0 bridgehead atoms. The molecule has 0 radical (unpaired) electrons. The molecule has 0 spiro atoms. The Morgan fingerprint density at radius 1 is 0.588 bits per heavy atom. The normalized spacial score (nSPS) is 10.9. The molecule has 51 heavy (non-hydrogen) atoms. The third kappa shape index (κ3) is 26.8. The van der Waals surface area contributed by atoms with Crippen LogP contribution in [0, 0.1) is 0 Å². The molecule has 298 valence electrons. The monoisotopic (exact) mass is 962 g/mol. The van der Waals surface area contributed by atoms with Crippen molar-refractivity contribution in [2.45, 2.75) is 147 Å². The summed E-state index contributed by atoms with van der Waals surface area (Å²) in [5, 5.41) is 40.2. The number of nitrogens with two attached hydrogens (primary N) is 1. The molecule has 10 heteroatoms. The molecule has 0 aliphatic heterocycles. The number of carbonyl (C=O) groups excluding carboxylic acids is 1. The maximum Gasteiger partial charge on any atom is 0.217 e. The van der Waals surface area contributed by atoms with Gasteiger partial charge in [0.1, 0.15) is 0 Å². The molecule has 7 nitrogen and oxygen atoms in total. The highest BCUT2D eigenvalue weighted by Crippen LogP contribution is 2.17. The Bertz CT molecular complexity index is 1050. The van der Waals surface area contributed by atoms with E-state index in [-0.39, 0.29) is 68.7 Å². The van der Waals surface area contributed by atoms with Crippen LogP contribution in [-0.4, -0.2) is 68.8 Å². The Labute approximate surface area is 348 Å². The van der Waals surface area contributed by atoms with E-state index in [1.165, 1.54) is 101 Å². The van der Waals surface area contributed by atoms with Crippen LogP contribution in [0.15, 0.2) is 48.5 Å². The van der Waals surface area contributed by atoms with Crippen molar-refractivity contribution in [1.82, 2.24) is 5.32 Å². The standard InChI is InChI=1S/C21H35NO3.C19H33NO2.CH3I.ClH.HI/c1-3-4-5-6-7-8-9-19-10-12-20(13-11-19)14-15-21(16-23,17-24)22-18(2)25;1-2-3-4-5-6-7-8-17-9-11-18(12-10-17)13-14-19(20,15-21)16-22;1-2;;/h10-13,23-24H,3-9,14-17H2,1-2H3,(H,22,25);9-12,21-22H,2-8,13-16,20H2,1H3;1H3;2*1H. The first kappa shape index (κ1) is 54.8. The Kier molecular flexibility index (Phi) is 37.8. The second-order valence-electron chi connectivity index (χ2n) is 13.6. The van der Waals surface area contributed by atoms with Gasteiger partial charge in [-0.3, -0.25) is 4.79 Å². The second-order valence-corrected chi connectivity index (χ2v) is 13.6. The first-order chi connectivity index (χ1) is 23.7. The van der Waals surface area contributed by atoms with Gasteiger partial charge >= 0.3 is 0 Å². The van der Waals surface area contributed by atoms with Crippen LogP contribution in [0.5, 0.6) is 0 Å². The topological polar surface area (TPSA) is 136 Å². The number of hydrogen-bond acceptors (Lipinski definition) is 6. The summed E-state index contributed by atoms with van der Waals surface area (Å²) in [4.78, 5) is 13.3. The van der Waals surface area contributed by atoms with Crippen molar-refractivity contribution >= 4 is 64.9 Å². The van der Waals surface area contributed by atoms with Gasteiger partial charge in [0.2, 0.25) is 5.91 Å². The minimum atomic E-state index is -0.941. The quantitative estimate of drug-likeness (QED) is 0.0335. The van der Waals surface area contributed by atoms with E-state index in [9.17, 15) is 25.2 Å². The lowest BCUT2D eigenvalue weighted by molar-refractivity contribution is -0.122. The van der Waals surface area contributed by atoms with E-state index in [4.69, 9.17) is 5.73 Å². The third-order valence-corrected chi connectivity index (χ3v) is 9.16. The number of aliphatic hydroxyl groups excluding tert-OH is 4. The minimum absolute atomic E-state index is 0. The summed E-state index contributed by atoms with van der Waals surface area (Å²) in [6.07, 6.45) is 20.7. The summed E-state index contributed by atoms with van der Waals surface area (Å²) in [5.41, 5.74) is 9.20. The smallest absolute Gasteiger partial charge is 0.217 e. The number of carbonyl (C=O) groups is 1. The fraction of sp³-hybridized carbons (Fsp3) is 0.683. The second kappa shape index (κ2) is 35.2. The lowest BCUT2D eigenvalue weighted by atomic mass is 9.92. The van der Waals surface area contributed by atoms with E-state index in [1.54, 1.807) is 0 Å². The number of benzene rings is 2. The first-order valence-electron chi connectivity index (χ1n) is 18.7. The molecular weight excluding hydrogens is 890 g/mol. The fourth-order valence-electron chi connectivity index (χ4n) is 5.67. The molecule has 0 aliphatic rings. The van der Waals surface area contributed by atoms with E-state index in [0.29, 0.717) is 19.3 Å². The predicted octanol–water partition coefficient (Wildman–Crippen LogP) is 8.68. The summed E-state index contributed by atoms with van der Waals surface area (Å²) >= 11 is 2.15.